The third-order valence-corrected chi connectivity index (χ3v) is 3.17. The van der Waals surface area contributed by atoms with Crippen LogP contribution in [0.3, 0.4) is 0 Å². The SMILES string of the molecule is CC(C)CC(NCc1cc(C#N)n(C)c1)C(=O)N(C)C. The van der Waals surface area contributed by atoms with Crippen LogP contribution < -0.4 is 5.32 Å². The molecule has 0 fully saturated rings. The summed E-state index contributed by atoms with van der Waals surface area (Å²) in [6.07, 6.45) is 2.72. The average molecular weight is 276 g/mol. The van der Waals surface area contributed by atoms with Crippen LogP contribution in [-0.4, -0.2) is 35.5 Å². The number of hydrogen-bond acceptors (Lipinski definition) is 3. The zero-order valence-corrected chi connectivity index (χ0v) is 13.0. The van der Waals surface area contributed by atoms with Gasteiger partial charge in [-0.2, -0.15) is 5.26 Å². The van der Waals surface area contributed by atoms with E-state index in [1.54, 1.807) is 23.6 Å². The summed E-state index contributed by atoms with van der Waals surface area (Å²) in [6, 6.07) is 3.80. The largest absolute Gasteiger partial charge is 0.347 e. The van der Waals surface area contributed by atoms with Gasteiger partial charge in [-0.05, 0) is 24.0 Å². The van der Waals surface area contributed by atoms with E-state index >= 15 is 0 Å². The molecule has 0 radical (unpaired) electrons. The Balaban J connectivity index is 2.70. The Labute approximate surface area is 121 Å². The van der Waals surface area contributed by atoms with Crippen LogP contribution in [-0.2, 0) is 18.4 Å². The maximum Gasteiger partial charge on any atom is 0.239 e. The van der Waals surface area contributed by atoms with Gasteiger partial charge < -0.3 is 14.8 Å². The second kappa shape index (κ2) is 7.11. The maximum absolute atomic E-state index is 12.1. The molecule has 1 amide bonds. The lowest BCUT2D eigenvalue weighted by Crippen LogP contribution is -2.44. The number of aryl methyl sites for hydroxylation is 1. The van der Waals surface area contributed by atoms with Crippen molar-refractivity contribution < 1.29 is 4.79 Å². The van der Waals surface area contributed by atoms with Gasteiger partial charge in [-0.15, -0.1) is 0 Å². The number of amides is 1. The molecule has 0 aromatic carbocycles. The van der Waals surface area contributed by atoms with Gasteiger partial charge in [0.2, 0.25) is 5.91 Å². The first kappa shape index (κ1) is 16.3. The van der Waals surface area contributed by atoms with Crippen molar-refractivity contribution in [3.05, 3.63) is 23.5 Å². The molecular weight excluding hydrogens is 252 g/mol. The molecule has 1 unspecified atom stereocenters. The third-order valence-electron chi connectivity index (χ3n) is 3.17. The van der Waals surface area contributed by atoms with Crippen molar-refractivity contribution in [2.24, 2.45) is 13.0 Å². The molecule has 1 rings (SSSR count). The number of carbonyl (C=O) groups is 1. The molecule has 0 spiro atoms. The first-order valence-corrected chi connectivity index (χ1v) is 6.85. The minimum atomic E-state index is -0.184. The molecular formula is C15H24N4O. The van der Waals surface area contributed by atoms with Crippen molar-refractivity contribution in [1.82, 2.24) is 14.8 Å². The minimum absolute atomic E-state index is 0.0927. The monoisotopic (exact) mass is 276 g/mol. The van der Waals surface area contributed by atoms with Crippen LogP contribution in [0.2, 0.25) is 0 Å². The van der Waals surface area contributed by atoms with Gasteiger partial charge in [0, 0.05) is 33.9 Å². The number of likely N-dealkylation sites (N-methyl/N-ethyl adjacent to an activating group) is 1. The lowest BCUT2D eigenvalue weighted by Gasteiger charge is -2.23. The summed E-state index contributed by atoms with van der Waals surface area (Å²) >= 11 is 0. The molecule has 0 saturated heterocycles. The molecule has 0 saturated carbocycles. The van der Waals surface area contributed by atoms with Gasteiger partial charge in [0.1, 0.15) is 11.8 Å². The van der Waals surface area contributed by atoms with Crippen LogP contribution in [0.1, 0.15) is 31.5 Å². The first-order valence-electron chi connectivity index (χ1n) is 6.85. The lowest BCUT2D eigenvalue weighted by molar-refractivity contribution is -0.131. The van der Waals surface area contributed by atoms with E-state index in [0.717, 1.165) is 12.0 Å². The Kier molecular flexibility index (Phi) is 5.78. The summed E-state index contributed by atoms with van der Waals surface area (Å²) in [5.74, 6) is 0.539. The predicted octanol–water partition coefficient (Wildman–Crippen LogP) is 1.49. The van der Waals surface area contributed by atoms with Gasteiger partial charge in [-0.1, -0.05) is 13.8 Å². The summed E-state index contributed by atoms with van der Waals surface area (Å²) < 4.78 is 1.79. The van der Waals surface area contributed by atoms with Gasteiger partial charge in [0.15, 0.2) is 0 Å². The Morgan fingerprint density at radius 2 is 2.15 bits per heavy atom. The fourth-order valence-corrected chi connectivity index (χ4v) is 2.14. The van der Waals surface area contributed by atoms with Crippen LogP contribution in [0, 0.1) is 17.2 Å². The molecule has 1 aromatic heterocycles. The molecule has 0 aliphatic carbocycles. The van der Waals surface area contributed by atoms with Crippen molar-refractivity contribution >= 4 is 5.91 Å². The van der Waals surface area contributed by atoms with E-state index in [-0.39, 0.29) is 11.9 Å². The molecule has 1 atom stereocenters. The number of hydrogen-bond donors (Lipinski definition) is 1. The van der Waals surface area contributed by atoms with E-state index in [4.69, 9.17) is 5.26 Å². The second-order valence-electron chi connectivity index (χ2n) is 5.75. The molecule has 110 valence electrons. The fraction of sp³-hybridized carbons (Fsp3) is 0.600. The van der Waals surface area contributed by atoms with Crippen molar-refractivity contribution in [3.8, 4) is 6.07 Å². The first-order chi connectivity index (χ1) is 9.35. The topological polar surface area (TPSA) is 61.1 Å². The fourth-order valence-electron chi connectivity index (χ4n) is 2.14. The number of rotatable bonds is 6. The average Bonchev–Trinajstić information content (AvgIpc) is 2.73. The molecule has 0 aliphatic heterocycles. The number of aromatic nitrogens is 1. The minimum Gasteiger partial charge on any atom is -0.347 e. The molecule has 0 bridgehead atoms. The van der Waals surface area contributed by atoms with Crippen LogP contribution in [0.25, 0.3) is 0 Å². The van der Waals surface area contributed by atoms with Gasteiger partial charge in [0.25, 0.3) is 0 Å². The highest BCUT2D eigenvalue weighted by atomic mass is 16.2. The summed E-state index contributed by atoms with van der Waals surface area (Å²) in [5.41, 5.74) is 1.64. The number of carbonyl (C=O) groups excluding carboxylic acids is 1. The van der Waals surface area contributed by atoms with Crippen molar-refractivity contribution in [1.29, 1.82) is 5.26 Å². The Hall–Kier alpha value is -1.80. The molecule has 1 aromatic rings. The van der Waals surface area contributed by atoms with Gasteiger partial charge in [-0.25, -0.2) is 0 Å². The quantitative estimate of drug-likeness (QED) is 0.856. The van der Waals surface area contributed by atoms with E-state index < -0.39 is 0 Å². The Morgan fingerprint density at radius 1 is 1.50 bits per heavy atom. The molecule has 5 heteroatoms. The summed E-state index contributed by atoms with van der Waals surface area (Å²) in [6.45, 7) is 4.80. The normalized spacial score (nSPS) is 12.2. The Bertz CT molecular complexity index is 496. The number of nitrogens with one attached hydrogen (secondary N) is 1. The zero-order valence-electron chi connectivity index (χ0n) is 13.0. The van der Waals surface area contributed by atoms with Crippen molar-refractivity contribution in [2.75, 3.05) is 14.1 Å². The van der Waals surface area contributed by atoms with Crippen LogP contribution >= 0.6 is 0 Å². The summed E-state index contributed by atoms with van der Waals surface area (Å²) in [4.78, 5) is 13.8. The van der Waals surface area contributed by atoms with E-state index in [1.807, 2.05) is 19.3 Å². The molecule has 20 heavy (non-hydrogen) atoms. The highest BCUT2D eigenvalue weighted by Gasteiger charge is 2.20. The van der Waals surface area contributed by atoms with Gasteiger partial charge in [0.05, 0.1) is 6.04 Å². The van der Waals surface area contributed by atoms with Crippen molar-refractivity contribution in [3.63, 3.8) is 0 Å². The van der Waals surface area contributed by atoms with Crippen LogP contribution in [0.5, 0.6) is 0 Å². The van der Waals surface area contributed by atoms with Crippen LogP contribution in [0.15, 0.2) is 12.3 Å². The molecule has 1 N–H and O–H groups in total. The molecule has 1 heterocycles. The molecule has 5 nitrogen and oxygen atoms in total. The van der Waals surface area contributed by atoms with Crippen LogP contribution in [0.4, 0.5) is 0 Å². The van der Waals surface area contributed by atoms with Gasteiger partial charge >= 0.3 is 0 Å². The van der Waals surface area contributed by atoms with E-state index in [2.05, 4.69) is 25.2 Å². The number of nitriles is 1. The van der Waals surface area contributed by atoms with E-state index in [1.165, 1.54) is 0 Å². The predicted molar refractivity (Wildman–Crippen MR) is 78.9 cm³/mol. The second-order valence-corrected chi connectivity index (χ2v) is 5.75. The zero-order chi connectivity index (χ0) is 15.3. The smallest absolute Gasteiger partial charge is 0.239 e. The summed E-state index contributed by atoms with van der Waals surface area (Å²) in [7, 11) is 5.39. The number of nitrogens with zero attached hydrogens (tertiary/aromatic N) is 3. The Morgan fingerprint density at radius 3 is 2.60 bits per heavy atom. The van der Waals surface area contributed by atoms with E-state index in [0.29, 0.717) is 18.2 Å². The highest BCUT2D eigenvalue weighted by molar-refractivity contribution is 5.81. The van der Waals surface area contributed by atoms with E-state index in [9.17, 15) is 4.79 Å². The van der Waals surface area contributed by atoms with Crippen molar-refractivity contribution in [2.45, 2.75) is 32.9 Å². The summed E-state index contributed by atoms with van der Waals surface area (Å²) in [5, 5.41) is 12.2. The lowest BCUT2D eigenvalue weighted by atomic mass is 10.0. The highest BCUT2D eigenvalue weighted by Crippen LogP contribution is 2.10. The van der Waals surface area contributed by atoms with Gasteiger partial charge in [-0.3, -0.25) is 4.79 Å². The maximum atomic E-state index is 12.1. The molecule has 0 aliphatic rings. The third kappa shape index (κ3) is 4.39. The standard InChI is InChI=1S/C15H24N4O/c1-11(2)6-14(15(20)18(3)4)17-9-12-7-13(8-16)19(5)10-12/h7,10-11,14,17H,6,9H2,1-5H3.